The summed E-state index contributed by atoms with van der Waals surface area (Å²) in [6.45, 7) is 4.19. The lowest BCUT2D eigenvalue weighted by molar-refractivity contribution is -0.115. The van der Waals surface area contributed by atoms with Crippen molar-refractivity contribution in [1.29, 1.82) is 0 Å². The minimum atomic E-state index is -0.0327. The highest BCUT2D eigenvalue weighted by molar-refractivity contribution is 6.33. The number of aryl methyl sites for hydroxylation is 1. The quantitative estimate of drug-likeness (QED) is 0.888. The van der Waals surface area contributed by atoms with Gasteiger partial charge in [-0.05, 0) is 31.2 Å². The molecule has 0 aliphatic carbocycles. The molecule has 2 aromatic rings. The number of hydrogen-bond acceptors (Lipinski definition) is 4. The molecular weight excluding hydrogens is 288 g/mol. The zero-order valence-corrected chi connectivity index (χ0v) is 12.7. The molecule has 0 spiro atoms. The molecule has 0 saturated carbocycles. The molecule has 0 bridgehead atoms. The average Bonchev–Trinajstić information content (AvgIpc) is 2.47. The maximum absolute atomic E-state index is 11.4. The zero-order valence-electron chi connectivity index (χ0n) is 12.0. The second-order valence-electron chi connectivity index (χ2n) is 4.55. The van der Waals surface area contributed by atoms with E-state index in [4.69, 9.17) is 11.6 Å². The van der Waals surface area contributed by atoms with E-state index in [9.17, 15) is 4.79 Å². The van der Waals surface area contributed by atoms with Crippen molar-refractivity contribution < 1.29 is 4.79 Å². The molecule has 5 nitrogen and oxygen atoms in total. The summed E-state index contributed by atoms with van der Waals surface area (Å²) < 4.78 is 0. The van der Waals surface area contributed by atoms with Gasteiger partial charge in [0.1, 0.15) is 5.82 Å². The van der Waals surface area contributed by atoms with E-state index < -0.39 is 0 Å². The largest absolute Gasteiger partial charge is 0.378 e. The lowest BCUT2D eigenvalue weighted by Gasteiger charge is -2.11. The number of anilines is 2. The standard InChI is InChI=1S/C15H17ClN4O/c1-3-15(21)20-11-4-5-13(16)14(8-11)18-9-12-6-7-17-10(2)19-12/h4-8,18H,3,9H2,1-2H3,(H,20,21). The van der Waals surface area contributed by atoms with E-state index in [1.165, 1.54) is 0 Å². The van der Waals surface area contributed by atoms with Gasteiger partial charge in [0.2, 0.25) is 5.91 Å². The summed E-state index contributed by atoms with van der Waals surface area (Å²) in [6.07, 6.45) is 2.16. The fraction of sp³-hybridized carbons (Fsp3) is 0.267. The van der Waals surface area contributed by atoms with Crippen LogP contribution in [0.5, 0.6) is 0 Å². The molecule has 110 valence electrons. The van der Waals surface area contributed by atoms with Gasteiger partial charge >= 0.3 is 0 Å². The van der Waals surface area contributed by atoms with Gasteiger partial charge in [0, 0.05) is 18.3 Å². The van der Waals surface area contributed by atoms with E-state index >= 15 is 0 Å². The first kappa shape index (κ1) is 15.3. The minimum absolute atomic E-state index is 0.0327. The first-order valence-electron chi connectivity index (χ1n) is 6.70. The van der Waals surface area contributed by atoms with Crippen LogP contribution in [0.4, 0.5) is 11.4 Å². The highest BCUT2D eigenvalue weighted by atomic mass is 35.5. The fourth-order valence-electron chi connectivity index (χ4n) is 1.78. The van der Waals surface area contributed by atoms with Gasteiger partial charge in [0.15, 0.2) is 0 Å². The van der Waals surface area contributed by atoms with Crippen LogP contribution in [-0.2, 0) is 11.3 Å². The predicted molar refractivity (Wildman–Crippen MR) is 84.5 cm³/mol. The van der Waals surface area contributed by atoms with Gasteiger partial charge < -0.3 is 10.6 Å². The van der Waals surface area contributed by atoms with Crippen molar-refractivity contribution in [1.82, 2.24) is 9.97 Å². The second kappa shape index (κ2) is 7.04. The number of aromatic nitrogens is 2. The molecule has 1 heterocycles. The first-order chi connectivity index (χ1) is 10.1. The van der Waals surface area contributed by atoms with Gasteiger partial charge in [-0.3, -0.25) is 4.79 Å². The lowest BCUT2D eigenvalue weighted by atomic mass is 10.2. The van der Waals surface area contributed by atoms with Crippen LogP contribution in [0.25, 0.3) is 0 Å². The molecular formula is C15H17ClN4O. The lowest BCUT2D eigenvalue weighted by Crippen LogP contribution is -2.10. The van der Waals surface area contributed by atoms with Crippen molar-refractivity contribution in [3.05, 3.63) is 47.0 Å². The highest BCUT2D eigenvalue weighted by Crippen LogP contribution is 2.26. The maximum Gasteiger partial charge on any atom is 0.224 e. The van der Waals surface area contributed by atoms with Crippen LogP contribution in [-0.4, -0.2) is 15.9 Å². The van der Waals surface area contributed by atoms with Gasteiger partial charge in [0.05, 0.1) is 22.9 Å². The Kier molecular flexibility index (Phi) is 5.11. The molecule has 21 heavy (non-hydrogen) atoms. The van der Waals surface area contributed by atoms with E-state index in [1.54, 1.807) is 18.3 Å². The van der Waals surface area contributed by atoms with Gasteiger partial charge in [-0.1, -0.05) is 18.5 Å². The molecule has 0 radical (unpaired) electrons. The molecule has 0 aliphatic heterocycles. The van der Waals surface area contributed by atoms with Gasteiger partial charge in [0.25, 0.3) is 0 Å². The Morgan fingerprint density at radius 2 is 2.14 bits per heavy atom. The van der Waals surface area contributed by atoms with Crippen LogP contribution in [0, 0.1) is 6.92 Å². The van der Waals surface area contributed by atoms with Crippen molar-refractivity contribution in [3.8, 4) is 0 Å². The van der Waals surface area contributed by atoms with Crippen molar-refractivity contribution in [2.45, 2.75) is 26.8 Å². The van der Waals surface area contributed by atoms with Crippen molar-refractivity contribution in [2.75, 3.05) is 10.6 Å². The minimum Gasteiger partial charge on any atom is -0.378 e. The Morgan fingerprint density at radius 3 is 2.86 bits per heavy atom. The third kappa shape index (κ3) is 4.43. The molecule has 0 aliphatic rings. The summed E-state index contributed by atoms with van der Waals surface area (Å²) >= 11 is 6.16. The van der Waals surface area contributed by atoms with Gasteiger partial charge in [-0.15, -0.1) is 0 Å². The van der Waals surface area contributed by atoms with E-state index in [2.05, 4.69) is 20.6 Å². The number of benzene rings is 1. The molecule has 1 aromatic heterocycles. The van der Waals surface area contributed by atoms with E-state index in [-0.39, 0.29) is 5.91 Å². The molecule has 0 fully saturated rings. The summed E-state index contributed by atoms with van der Waals surface area (Å²) in [4.78, 5) is 19.8. The van der Waals surface area contributed by atoms with E-state index in [0.717, 1.165) is 17.2 Å². The molecule has 2 rings (SSSR count). The Labute approximate surface area is 128 Å². The Morgan fingerprint density at radius 1 is 1.33 bits per heavy atom. The number of rotatable bonds is 5. The number of hydrogen-bond donors (Lipinski definition) is 2. The number of nitrogens with one attached hydrogen (secondary N) is 2. The summed E-state index contributed by atoms with van der Waals surface area (Å²) in [6, 6.07) is 7.18. The van der Waals surface area contributed by atoms with E-state index in [0.29, 0.717) is 23.7 Å². The van der Waals surface area contributed by atoms with Crippen molar-refractivity contribution in [2.24, 2.45) is 0 Å². The third-order valence-electron chi connectivity index (χ3n) is 2.86. The number of carbonyl (C=O) groups is 1. The summed E-state index contributed by atoms with van der Waals surface area (Å²) in [5.74, 6) is 0.694. The van der Waals surface area contributed by atoms with E-state index in [1.807, 2.05) is 26.0 Å². The third-order valence-corrected chi connectivity index (χ3v) is 3.19. The smallest absolute Gasteiger partial charge is 0.224 e. The van der Waals surface area contributed by atoms with Crippen LogP contribution in [0.1, 0.15) is 24.9 Å². The monoisotopic (exact) mass is 304 g/mol. The molecule has 0 unspecified atom stereocenters. The van der Waals surface area contributed by atoms with Crippen LogP contribution in [0.3, 0.4) is 0 Å². The molecule has 2 N–H and O–H groups in total. The molecule has 0 saturated heterocycles. The van der Waals surface area contributed by atoms with Crippen LogP contribution >= 0.6 is 11.6 Å². The summed E-state index contributed by atoms with van der Waals surface area (Å²) in [5, 5.41) is 6.61. The highest BCUT2D eigenvalue weighted by Gasteiger charge is 2.05. The average molecular weight is 305 g/mol. The number of nitrogens with zero attached hydrogens (tertiary/aromatic N) is 2. The SMILES string of the molecule is CCC(=O)Nc1ccc(Cl)c(NCc2ccnc(C)n2)c1. The fourth-order valence-corrected chi connectivity index (χ4v) is 1.96. The van der Waals surface area contributed by atoms with Crippen LogP contribution < -0.4 is 10.6 Å². The predicted octanol–water partition coefficient (Wildman–Crippen LogP) is 3.40. The molecule has 6 heteroatoms. The normalized spacial score (nSPS) is 10.2. The van der Waals surface area contributed by atoms with Crippen molar-refractivity contribution >= 4 is 28.9 Å². The number of carbonyl (C=O) groups excluding carboxylic acids is 1. The van der Waals surface area contributed by atoms with Crippen LogP contribution in [0.15, 0.2) is 30.5 Å². The molecule has 0 atom stereocenters. The number of amides is 1. The Bertz CT molecular complexity index is 645. The van der Waals surface area contributed by atoms with Gasteiger partial charge in [-0.2, -0.15) is 0 Å². The Hall–Kier alpha value is -2.14. The molecule has 1 amide bonds. The van der Waals surface area contributed by atoms with Crippen LogP contribution in [0.2, 0.25) is 5.02 Å². The topological polar surface area (TPSA) is 66.9 Å². The van der Waals surface area contributed by atoms with Gasteiger partial charge in [-0.25, -0.2) is 9.97 Å². The summed E-state index contributed by atoms with van der Waals surface area (Å²) in [7, 11) is 0. The maximum atomic E-state index is 11.4. The van der Waals surface area contributed by atoms with Crippen molar-refractivity contribution in [3.63, 3.8) is 0 Å². The number of halogens is 1. The summed E-state index contributed by atoms with van der Waals surface area (Å²) in [5.41, 5.74) is 2.34. The zero-order chi connectivity index (χ0) is 15.2. The first-order valence-corrected chi connectivity index (χ1v) is 7.08. The second-order valence-corrected chi connectivity index (χ2v) is 4.95. The molecule has 1 aromatic carbocycles. The Balaban J connectivity index is 2.08.